The van der Waals surface area contributed by atoms with Crippen LogP contribution < -0.4 is 5.32 Å². The van der Waals surface area contributed by atoms with E-state index in [4.69, 9.17) is 4.74 Å². The van der Waals surface area contributed by atoms with Gasteiger partial charge in [-0.15, -0.1) is 0 Å². The fourth-order valence-electron chi connectivity index (χ4n) is 1.41. The van der Waals surface area contributed by atoms with Crippen LogP contribution in [0.25, 0.3) is 0 Å². The average Bonchev–Trinajstić information content (AvgIpc) is 2.34. The number of para-hydroxylation sites is 1. The SMILES string of the molecule is CCOCCN=C(Nc1ccccc1)C(C)C. The second-order valence-corrected chi connectivity index (χ2v) is 4.11. The monoisotopic (exact) mass is 234 g/mol. The van der Waals surface area contributed by atoms with Gasteiger partial charge in [0.05, 0.1) is 13.2 Å². The predicted octanol–water partition coefficient (Wildman–Crippen LogP) is 3.19. The molecule has 0 saturated carbocycles. The second kappa shape index (κ2) is 7.85. The Hall–Kier alpha value is -1.35. The first-order valence-corrected chi connectivity index (χ1v) is 6.18. The van der Waals surface area contributed by atoms with Crippen LogP contribution in [0.4, 0.5) is 5.69 Å². The molecule has 0 aliphatic rings. The molecule has 1 aromatic carbocycles. The summed E-state index contributed by atoms with van der Waals surface area (Å²) in [6.07, 6.45) is 0. The Morgan fingerprint density at radius 1 is 1.29 bits per heavy atom. The van der Waals surface area contributed by atoms with Crippen molar-refractivity contribution in [3.8, 4) is 0 Å². The third kappa shape index (κ3) is 5.50. The average molecular weight is 234 g/mol. The number of benzene rings is 1. The summed E-state index contributed by atoms with van der Waals surface area (Å²) in [7, 11) is 0. The summed E-state index contributed by atoms with van der Waals surface area (Å²) in [6, 6.07) is 10.1. The standard InChI is InChI=1S/C14H22N2O/c1-4-17-11-10-15-14(12(2)3)16-13-8-6-5-7-9-13/h5-9,12H,4,10-11H2,1-3H3,(H,15,16). The van der Waals surface area contributed by atoms with Gasteiger partial charge in [-0.05, 0) is 19.1 Å². The number of hydrogen-bond donors (Lipinski definition) is 1. The van der Waals surface area contributed by atoms with Crippen molar-refractivity contribution < 1.29 is 4.74 Å². The largest absolute Gasteiger partial charge is 0.380 e. The molecule has 94 valence electrons. The lowest BCUT2D eigenvalue weighted by Crippen LogP contribution is -2.19. The van der Waals surface area contributed by atoms with E-state index in [1.54, 1.807) is 0 Å². The lowest BCUT2D eigenvalue weighted by Gasteiger charge is -2.13. The molecule has 0 unspecified atom stereocenters. The maximum atomic E-state index is 5.28. The van der Waals surface area contributed by atoms with E-state index in [2.05, 4.69) is 24.2 Å². The molecule has 0 radical (unpaired) electrons. The Labute approximate surface area is 104 Å². The Kier molecular flexibility index (Phi) is 6.33. The molecule has 0 heterocycles. The second-order valence-electron chi connectivity index (χ2n) is 4.11. The minimum atomic E-state index is 0.386. The van der Waals surface area contributed by atoms with Crippen molar-refractivity contribution in [3.63, 3.8) is 0 Å². The molecule has 0 aliphatic heterocycles. The van der Waals surface area contributed by atoms with Crippen LogP contribution in [0.15, 0.2) is 35.3 Å². The molecule has 1 rings (SSSR count). The zero-order valence-corrected chi connectivity index (χ0v) is 10.9. The normalized spacial score (nSPS) is 11.9. The molecule has 17 heavy (non-hydrogen) atoms. The number of anilines is 1. The fraction of sp³-hybridized carbons (Fsp3) is 0.500. The predicted molar refractivity (Wildman–Crippen MR) is 73.7 cm³/mol. The number of nitrogens with one attached hydrogen (secondary N) is 1. The number of amidine groups is 1. The Balaban J connectivity index is 2.54. The highest BCUT2D eigenvalue weighted by atomic mass is 16.5. The van der Waals surface area contributed by atoms with E-state index >= 15 is 0 Å². The minimum Gasteiger partial charge on any atom is -0.380 e. The molecule has 3 nitrogen and oxygen atoms in total. The molecule has 1 aromatic rings. The summed E-state index contributed by atoms with van der Waals surface area (Å²) in [4.78, 5) is 4.54. The first-order chi connectivity index (χ1) is 8.24. The molecular weight excluding hydrogens is 212 g/mol. The molecule has 0 amide bonds. The van der Waals surface area contributed by atoms with Gasteiger partial charge in [-0.3, -0.25) is 4.99 Å². The maximum Gasteiger partial charge on any atom is 0.103 e. The Morgan fingerprint density at radius 3 is 2.59 bits per heavy atom. The smallest absolute Gasteiger partial charge is 0.103 e. The number of rotatable bonds is 6. The Morgan fingerprint density at radius 2 is 2.00 bits per heavy atom. The van der Waals surface area contributed by atoms with E-state index in [-0.39, 0.29) is 0 Å². The van der Waals surface area contributed by atoms with E-state index in [0.717, 1.165) is 18.1 Å². The molecule has 0 aliphatic carbocycles. The van der Waals surface area contributed by atoms with E-state index in [1.165, 1.54) is 0 Å². The highest BCUT2D eigenvalue weighted by Crippen LogP contribution is 2.08. The van der Waals surface area contributed by atoms with E-state index in [1.807, 2.05) is 37.3 Å². The van der Waals surface area contributed by atoms with Gasteiger partial charge in [0.2, 0.25) is 0 Å². The van der Waals surface area contributed by atoms with Crippen molar-refractivity contribution in [3.05, 3.63) is 30.3 Å². The van der Waals surface area contributed by atoms with Gasteiger partial charge in [0.25, 0.3) is 0 Å². The molecule has 0 atom stereocenters. The topological polar surface area (TPSA) is 33.6 Å². The van der Waals surface area contributed by atoms with Crippen molar-refractivity contribution in [1.82, 2.24) is 0 Å². The third-order valence-corrected chi connectivity index (χ3v) is 2.31. The summed E-state index contributed by atoms with van der Waals surface area (Å²) in [5, 5.41) is 3.35. The van der Waals surface area contributed by atoms with Crippen LogP contribution in [-0.2, 0) is 4.74 Å². The first kappa shape index (κ1) is 13.7. The van der Waals surface area contributed by atoms with Crippen LogP contribution in [-0.4, -0.2) is 25.6 Å². The maximum absolute atomic E-state index is 5.28. The van der Waals surface area contributed by atoms with Gasteiger partial charge in [0, 0.05) is 18.2 Å². The van der Waals surface area contributed by atoms with Crippen molar-refractivity contribution >= 4 is 11.5 Å². The minimum absolute atomic E-state index is 0.386. The highest BCUT2D eigenvalue weighted by molar-refractivity contribution is 5.96. The van der Waals surface area contributed by atoms with Gasteiger partial charge in [0.15, 0.2) is 0 Å². The highest BCUT2D eigenvalue weighted by Gasteiger charge is 2.04. The van der Waals surface area contributed by atoms with Crippen LogP contribution in [0.3, 0.4) is 0 Å². The van der Waals surface area contributed by atoms with Gasteiger partial charge >= 0.3 is 0 Å². The Bertz CT molecular complexity index is 333. The summed E-state index contributed by atoms with van der Waals surface area (Å²) < 4.78 is 5.28. The van der Waals surface area contributed by atoms with Crippen molar-refractivity contribution in [2.24, 2.45) is 10.9 Å². The zero-order valence-electron chi connectivity index (χ0n) is 10.9. The number of hydrogen-bond acceptors (Lipinski definition) is 2. The molecule has 0 spiro atoms. The molecule has 0 saturated heterocycles. The van der Waals surface area contributed by atoms with Gasteiger partial charge < -0.3 is 10.1 Å². The van der Waals surface area contributed by atoms with Gasteiger partial charge in [-0.25, -0.2) is 0 Å². The van der Waals surface area contributed by atoms with Crippen molar-refractivity contribution in [2.45, 2.75) is 20.8 Å². The van der Waals surface area contributed by atoms with Gasteiger partial charge in [-0.1, -0.05) is 32.0 Å². The summed E-state index contributed by atoms with van der Waals surface area (Å²) in [6.45, 7) is 8.41. The molecule has 1 N–H and O–H groups in total. The van der Waals surface area contributed by atoms with Gasteiger partial charge in [0.1, 0.15) is 5.84 Å². The number of ether oxygens (including phenoxy) is 1. The molecule has 0 bridgehead atoms. The van der Waals surface area contributed by atoms with Crippen molar-refractivity contribution in [2.75, 3.05) is 25.1 Å². The number of nitrogens with zero attached hydrogens (tertiary/aromatic N) is 1. The van der Waals surface area contributed by atoms with Crippen molar-refractivity contribution in [1.29, 1.82) is 0 Å². The van der Waals surface area contributed by atoms with E-state index < -0.39 is 0 Å². The van der Waals surface area contributed by atoms with Crippen LogP contribution in [0.5, 0.6) is 0 Å². The molecular formula is C14H22N2O. The van der Waals surface area contributed by atoms with E-state index in [9.17, 15) is 0 Å². The lowest BCUT2D eigenvalue weighted by molar-refractivity contribution is 0.155. The fourth-order valence-corrected chi connectivity index (χ4v) is 1.41. The third-order valence-electron chi connectivity index (χ3n) is 2.31. The summed E-state index contributed by atoms with van der Waals surface area (Å²) in [5.41, 5.74) is 1.08. The van der Waals surface area contributed by atoms with Crippen LogP contribution in [0.1, 0.15) is 20.8 Å². The molecule has 3 heteroatoms. The summed E-state index contributed by atoms with van der Waals surface area (Å²) in [5.74, 6) is 1.40. The summed E-state index contributed by atoms with van der Waals surface area (Å²) >= 11 is 0. The number of aliphatic imine (C=N–C) groups is 1. The molecule has 0 fully saturated rings. The van der Waals surface area contributed by atoms with Crippen LogP contribution in [0, 0.1) is 5.92 Å². The van der Waals surface area contributed by atoms with Gasteiger partial charge in [-0.2, -0.15) is 0 Å². The van der Waals surface area contributed by atoms with Crippen LogP contribution in [0.2, 0.25) is 0 Å². The van der Waals surface area contributed by atoms with Crippen LogP contribution >= 0.6 is 0 Å². The zero-order chi connectivity index (χ0) is 12.5. The molecule has 0 aromatic heterocycles. The quantitative estimate of drug-likeness (QED) is 0.466. The van der Waals surface area contributed by atoms with E-state index in [0.29, 0.717) is 19.1 Å². The lowest BCUT2D eigenvalue weighted by atomic mass is 10.2. The first-order valence-electron chi connectivity index (χ1n) is 6.18.